The molecule has 0 aromatic heterocycles. The molecular formula is C12H24O6. The zero-order valence-corrected chi connectivity index (χ0v) is 11.2. The molecule has 0 aromatic carbocycles. The third-order valence-electron chi connectivity index (χ3n) is 1.88. The van der Waals surface area contributed by atoms with Crippen molar-refractivity contribution in [1.29, 1.82) is 0 Å². The Morgan fingerprint density at radius 2 is 1.33 bits per heavy atom. The fourth-order valence-electron chi connectivity index (χ4n) is 1.04. The number of carbonyl (C=O) groups is 1. The quantitative estimate of drug-likeness (QED) is 0.499. The average molecular weight is 264 g/mol. The topological polar surface area (TPSA) is 74.2 Å². The van der Waals surface area contributed by atoms with Gasteiger partial charge in [0.15, 0.2) is 0 Å². The van der Waals surface area contributed by atoms with Gasteiger partial charge in [-0.25, -0.2) is 0 Å². The van der Waals surface area contributed by atoms with E-state index in [4.69, 9.17) is 24.1 Å². The lowest BCUT2D eigenvalue weighted by molar-refractivity contribution is -0.138. The van der Waals surface area contributed by atoms with Crippen molar-refractivity contribution in [3.05, 3.63) is 0 Å². The summed E-state index contributed by atoms with van der Waals surface area (Å²) in [6.07, 6.45) is 0.256. The van der Waals surface area contributed by atoms with E-state index in [-0.39, 0.29) is 19.1 Å². The Balaban J connectivity index is 2.97. The minimum absolute atomic E-state index is 0.0267. The lowest BCUT2D eigenvalue weighted by atomic mass is 10.5. The van der Waals surface area contributed by atoms with Gasteiger partial charge in [-0.2, -0.15) is 0 Å². The maximum atomic E-state index is 10.2. The predicted molar refractivity (Wildman–Crippen MR) is 65.8 cm³/mol. The maximum Gasteiger partial charge on any atom is 0.305 e. The van der Waals surface area contributed by atoms with E-state index in [0.717, 1.165) is 0 Å². The Kier molecular flexibility index (Phi) is 12.3. The molecule has 0 aliphatic carbocycles. The highest BCUT2D eigenvalue weighted by molar-refractivity contribution is 5.66. The van der Waals surface area contributed by atoms with Crippen molar-refractivity contribution < 1.29 is 28.8 Å². The molecule has 0 amide bonds. The van der Waals surface area contributed by atoms with Crippen LogP contribution in [0.5, 0.6) is 0 Å². The third kappa shape index (κ3) is 15.3. The van der Waals surface area contributed by atoms with Gasteiger partial charge in [-0.05, 0) is 13.8 Å². The molecule has 108 valence electrons. The average Bonchev–Trinajstić information content (AvgIpc) is 2.29. The minimum atomic E-state index is -0.854. The Hall–Kier alpha value is -0.690. The summed E-state index contributed by atoms with van der Waals surface area (Å²) in [5.74, 6) is -0.854. The normalized spacial score (nSPS) is 11.1. The summed E-state index contributed by atoms with van der Waals surface area (Å²) in [5.41, 5.74) is 0. The van der Waals surface area contributed by atoms with Gasteiger partial charge in [-0.3, -0.25) is 4.79 Å². The van der Waals surface area contributed by atoms with Gasteiger partial charge in [0.25, 0.3) is 0 Å². The lowest BCUT2D eigenvalue weighted by Crippen LogP contribution is -2.14. The predicted octanol–water partition coefficient (Wildman–Crippen LogP) is 0.936. The van der Waals surface area contributed by atoms with Crippen LogP contribution in [-0.4, -0.2) is 63.4 Å². The largest absolute Gasteiger partial charge is 0.481 e. The van der Waals surface area contributed by atoms with Gasteiger partial charge in [0, 0.05) is 0 Å². The number of hydrogen-bond acceptors (Lipinski definition) is 5. The minimum Gasteiger partial charge on any atom is -0.481 e. The Labute approximate surface area is 108 Å². The maximum absolute atomic E-state index is 10.2. The van der Waals surface area contributed by atoms with Crippen LogP contribution in [0.25, 0.3) is 0 Å². The summed E-state index contributed by atoms with van der Waals surface area (Å²) in [6.45, 7) is 7.23. The van der Waals surface area contributed by atoms with Crippen LogP contribution >= 0.6 is 0 Å². The Morgan fingerprint density at radius 1 is 0.889 bits per heavy atom. The second kappa shape index (κ2) is 12.8. The summed E-state index contributed by atoms with van der Waals surface area (Å²) in [6, 6.07) is 0. The number of rotatable bonds is 13. The van der Waals surface area contributed by atoms with Crippen LogP contribution in [0.3, 0.4) is 0 Å². The van der Waals surface area contributed by atoms with Crippen LogP contribution in [0.4, 0.5) is 0 Å². The van der Waals surface area contributed by atoms with E-state index in [9.17, 15) is 4.79 Å². The molecular weight excluding hydrogens is 240 g/mol. The van der Waals surface area contributed by atoms with Crippen molar-refractivity contribution in [2.45, 2.75) is 26.4 Å². The fraction of sp³-hybridized carbons (Fsp3) is 0.917. The standard InChI is InChI=1S/C12H24O6/c1-11(2)18-10-9-17-8-7-16-6-5-15-4-3-12(13)14/h11H,3-10H2,1-2H3,(H,13,14). The molecule has 0 radical (unpaired) electrons. The first-order valence-electron chi connectivity index (χ1n) is 6.19. The van der Waals surface area contributed by atoms with Gasteiger partial charge in [-0.1, -0.05) is 0 Å². The molecule has 1 N–H and O–H groups in total. The third-order valence-corrected chi connectivity index (χ3v) is 1.88. The van der Waals surface area contributed by atoms with Gasteiger partial charge in [0.2, 0.25) is 0 Å². The molecule has 6 heteroatoms. The summed E-state index contributed by atoms with van der Waals surface area (Å²) >= 11 is 0. The highest BCUT2D eigenvalue weighted by atomic mass is 16.6. The molecule has 0 aliphatic rings. The molecule has 0 unspecified atom stereocenters. The van der Waals surface area contributed by atoms with E-state index in [1.54, 1.807) is 0 Å². The van der Waals surface area contributed by atoms with E-state index < -0.39 is 5.97 Å². The molecule has 18 heavy (non-hydrogen) atoms. The van der Waals surface area contributed by atoms with Crippen LogP contribution in [-0.2, 0) is 23.7 Å². The van der Waals surface area contributed by atoms with E-state index in [1.165, 1.54) is 0 Å². The SMILES string of the molecule is CC(C)OCCOCCOCCOCCC(=O)O. The first-order valence-corrected chi connectivity index (χ1v) is 6.19. The van der Waals surface area contributed by atoms with E-state index in [1.807, 2.05) is 13.8 Å². The van der Waals surface area contributed by atoms with Gasteiger partial charge >= 0.3 is 5.97 Å². The zero-order valence-electron chi connectivity index (χ0n) is 11.2. The molecule has 0 atom stereocenters. The number of carboxylic acids is 1. The highest BCUT2D eigenvalue weighted by Gasteiger charge is 1.96. The van der Waals surface area contributed by atoms with Crippen molar-refractivity contribution in [3.8, 4) is 0 Å². The van der Waals surface area contributed by atoms with Crippen molar-refractivity contribution in [1.82, 2.24) is 0 Å². The van der Waals surface area contributed by atoms with E-state index >= 15 is 0 Å². The molecule has 0 heterocycles. The Morgan fingerprint density at radius 3 is 1.78 bits per heavy atom. The zero-order chi connectivity index (χ0) is 13.6. The lowest BCUT2D eigenvalue weighted by Gasteiger charge is -2.08. The van der Waals surface area contributed by atoms with Gasteiger partial charge in [-0.15, -0.1) is 0 Å². The molecule has 0 spiro atoms. The molecule has 6 nitrogen and oxygen atoms in total. The van der Waals surface area contributed by atoms with Crippen molar-refractivity contribution in [2.75, 3.05) is 46.2 Å². The molecule has 0 saturated heterocycles. The number of ether oxygens (including phenoxy) is 4. The van der Waals surface area contributed by atoms with Crippen molar-refractivity contribution >= 4 is 5.97 Å². The van der Waals surface area contributed by atoms with Crippen LogP contribution < -0.4 is 0 Å². The van der Waals surface area contributed by atoms with Gasteiger partial charge in [0.05, 0.1) is 58.8 Å². The van der Waals surface area contributed by atoms with Gasteiger partial charge in [0.1, 0.15) is 0 Å². The summed E-state index contributed by atoms with van der Waals surface area (Å²) < 4.78 is 20.9. The Bertz CT molecular complexity index is 195. The highest BCUT2D eigenvalue weighted by Crippen LogP contribution is 1.88. The van der Waals surface area contributed by atoms with E-state index in [0.29, 0.717) is 39.6 Å². The van der Waals surface area contributed by atoms with Crippen molar-refractivity contribution in [2.24, 2.45) is 0 Å². The molecule has 0 fully saturated rings. The summed E-state index contributed by atoms with van der Waals surface area (Å²) in [4.78, 5) is 10.2. The molecule has 0 aromatic rings. The number of hydrogen-bond donors (Lipinski definition) is 1. The van der Waals surface area contributed by atoms with Crippen LogP contribution in [0.1, 0.15) is 20.3 Å². The summed E-state index contributed by atoms with van der Waals surface area (Å²) in [5, 5.41) is 8.35. The number of carboxylic acid groups (broad SMARTS) is 1. The number of aliphatic carboxylic acids is 1. The van der Waals surface area contributed by atoms with Crippen LogP contribution in [0.15, 0.2) is 0 Å². The fourth-order valence-corrected chi connectivity index (χ4v) is 1.04. The first-order chi connectivity index (χ1) is 8.63. The first kappa shape index (κ1) is 17.3. The second-order valence-electron chi connectivity index (χ2n) is 3.90. The monoisotopic (exact) mass is 264 g/mol. The smallest absolute Gasteiger partial charge is 0.305 e. The van der Waals surface area contributed by atoms with E-state index in [2.05, 4.69) is 0 Å². The van der Waals surface area contributed by atoms with Crippen molar-refractivity contribution in [3.63, 3.8) is 0 Å². The van der Waals surface area contributed by atoms with Gasteiger partial charge < -0.3 is 24.1 Å². The molecule has 0 bridgehead atoms. The van der Waals surface area contributed by atoms with Crippen LogP contribution in [0.2, 0.25) is 0 Å². The second-order valence-corrected chi connectivity index (χ2v) is 3.90. The van der Waals surface area contributed by atoms with Crippen LogP contribution in [0, 0.1) is 0 Å². The molecule has 0 aliphatic heterocycles. The molecule has 0 saturated carbocycles. The summed E-state index contributed by atoms with van der Waals surface area (Å²) in [7, 11) is 0. The molecule has 0 rings (SSSR count).